The first-order valence-corrected chi connectivity index (χ1v) is 10.5. The van der Waals surface area contributed by atoms with Gasteiger partial charge in [0.1, 0.15) is 0 Å². The second kappa shape index (κ2) is 9.16. The van der Waals surface area contributed by atoms with E-state index in [9.17, 15) is 39.6 Å². The number of nitrogens with one attached hydrogen (secondary N) is 2. The van der Waals surface area contributed by atoms with Gasteiger partial charge in [0, 0.05) is 23.5 Å². The van der Waals surface area contributed by atoms with Crippen molar-refractivity contribution in [3.8, 4) is 0 Å². The van der Waals surface area contributed by atoms with Gasteiger partial charge in [0.25, 0.3) is 15.9 Å². The molecule has 13 heteroatoms. The molecule has 2 N–H and O–H groups in total. The lowest BCUT2D eigenvalue weighted by atomic mass is 10.2. The fraction of sp³-hybridized carbons (Fsp3) is 0.235. The maximum absolute atomic E-state index is 12.7. The van der Waals surface area contributed by atoms with Gasteiger partial charge in [0.2, 0.25) is 0 Å². The third-order valence-corrected chi connectivity index (χ3v) is 5.66. The van der Waals surface area contributed by atoms with Gasteiger partial charge in [-0.1, -0.05) is 6.07 Å². The van der Waals surface area contributed by atoms with E-state index in [1.54, 1.807) is 0 Å². The topological polar surface area (TPSA) is 75.3 Å². The maximum Gasteiger partial charge on any atom is 0.441 e. The Bertz CT molecular complexity index is 990. The van der Waals surface area contributed by atoms with Crippen molar-refractivity contribution in [2.75, 3.05) is 17.0 Å². The molecule has 0 saturated carbocycles. The van der Waals surface area contributed by atoms with Crippen LogP contribution in [-0.2, 0) is 16.2 Å². The van der Waals surface area contributed by atoms with Gasteiger partial charge in [0.15, 0.2) is 0 Å². The highest BCUT2D eigenvalue weighted by Crippen LogP contribution is 2.31. The van der Waals surface area contributed by atoms with E-state index in [1.807, 2.05) is 4.72 Å². The number of amides is 1. The van der Waals surface area contributed by atoms with Crippen LogP contribution in [0.25, 0.3) is 0 Å². The van der Waals surface area contributed by atoms with Crippen LogP contribution >= 0.6 is 11.8 Å². The zero-order valence-electron chi connectivity index (χ0n) is 14.8. The number of hydrogen-bond acceptors (Lipinski definition) is 4. The van der Waals surface area contributed by atoms with Crippen LogP contribution in [-0.4, -0.2) is 32.1 Å². The van der Waals surface area contributed by atoms with Gasteiger partial charge in [-0.05, 0) is 54.2 Å². The third kappa shape index (κ3) is 7.13. The van der Waals surface area contributed by atoms with E-state index in [0.717, 1.165) is 42.5 Å². The van der Waals surface area contributed by atoms with E-state index in [2.05, 4.69) is 5.32 Å². The number of hydrogen-bond donors (Lipinski definition) is 2. The molecule has 0 aliphatic carbocycles. The molecule has 0 aliphatic rings. The second-order valence-corrected chi connectivity index (χ2v) is 8.60. The highest BCUT2D eigenvalue weighted by atomic mass is 32.2. The molecule has 0 heterocycles. The minimum atomic E-state index is -4.64. The molecule has 0 aromatic heterocycles. The van der Waals surface area contributed by atoms with Crippen molar-refractivity contribution in [1.29, 1.82) is 0 Å². The fourth-order valence-corrected chi connectivity index (χ4v) is 3.68. The quantitative estimate of drug-likeness (QED) is 0.460. The highest BCUT2D eigenvalue weighted by molar-refractivity contribution is 8.00. The Morgan fingerprint density at radius 2 is 1.60 bits per heavy atom. The summed E-state index contributed by atoms with van der Waals surface area (Å²) in [5, 5.41) is 2.26. The van der Waals surface area contributed by atoms with E-state index >= 15 is 0 Å². The van der Waals surface area contributed by atoms with Crippen LogP contribution in [0.15, 0.2) is 53.4 Å². The predicted octanol–water partition coefficient (Wildman–Crippen LogP) is 4.49. The van der Waals surface area contributed by atoms with Gasteiger partial charge in [-0.15, -0.1) is 0 Å². The van der Waals surface area contributed by atoms with Crippen molar-refractivity contribution in [2.45, 2.75) is 16.6 Å². The number of alkyl halides is 6. The first kappa shape index (κ1) is 23.9. The summed E-state index contributed by atoms with van der Waals surface area (Å²) >= 11 is -0.293. The third-order valence-electron chi connectivity index (χ3n) is 3.52. The van der Waals surface area contributed by atoms with Crippen LogP contribution in [0.5, 0.6) is 0 Å². The van der Waals surface area contributed by atoms with Crippen LogP contribution in [0.2, 0.25) is 0 Å². The molecule has 2 rings (SSSR count). The fourth-order valence-electron chi connectivity index (χ4n) is 2.19. The van der Waals surface area contributed by atoms with Gasteiger partial charge in [0.05, 0.1) is 10.5 Å². The van der Waals surface area contributed by atoms with Crippen molar-refractivity contribution < 1.29 is 39.6 Å². The summed E-state index contributed by atoms with van der Waals surface area (Å²) in [6.45, 7) is -0.250. The number of benzene rings is 2. The van der Waals surface area contributed by atoms with E-state index in [4.69, 9.17) is 0 Å². The molecule has 0 saturated heterocycles. The average molecular weight is 472 g/mol. The summed E-state index contributed by atoms with van der Waals surface area (Å²) in [6.07, 6.45) is -4.64. The molecule has 0 atom stereocenters. The summed E-state index contributed by atoms with van der Waals surface area (Å²) in [7, 11) is -4.23. The van der Waals surface area contributed by atoms with Crippen molar-refractivity contribution in [1.82, 2.24) is 5.32 Å². The monoisotopic (exact) mass is 472 g/mol. The molecule has 5 nitrogen and oxygen atoms in total. The van der Waals surface area contributed by atoms with E-state index in [1.165, 1.54) is 0 Å². The van der Waals surface area contributed by atoms with E-state index in [-0.39, 0.29) is 40.2 Å². The Morgan fingerprint density at radius 3 is 2.17 bits per heavy atom. The summed E-state index contributed by atoms with van der Waals surface area (Å²) in [6, 6.07) is 7.99. The minimum Gasteiger partial charge on any atom is -0.351 e. The molecule has 2 aromatic carbocycles. The number of anilines is 1. The van der Waals surface area contributed by atoms with Gasteiger partial charge >= 0.3 is 11.7 Å². The molecule has 0 unspecified atom stereocenters. The molecule has 0 fully saturated rings. The number of thioether (sulfide) groups is 1. The lowest BCUT2D eigenvalue weighted by Gasteiger charge is -2.12. The first-order chi connectivity index (χ1) is 13.8. The molecule has 164 valence electrons. The van der Waals surface area contributed by atoms with Crippen LogP contribution < -0.4 is 10.0 Å². The Balaban J connectivity index is 2.03. The van der Waals surface area contributed by atoms with Gasteiger partial charge < -0.3 is 5.32 Å². The number of rotatable bonds is 7. The summed E-state index contributed by atoms with van der Waals surface area (Å²) in [5.74, 6) is -1.09. The lowest BCUT2D eigenvalue weighted by molar-refractivity contribution is -0.137. The summed E-state index contributed by atoms with van der Waals surface area (Å²) in [5.41, 5.74) is -5.73. The van der Waals surface area contributed by atoms with E-state index in [0.29, 0.717) is 6.07 Å². The van der Waals surface area contributed by atoms with Crippen LogP contribution in [0.1, 0.15) is 15.9 Å². The maximum atomic E-state index is 12.7. The Hall–Kier alpha value is -2.41. The van der Waals surface area contributed by atoms with Gasteiger partial charge in [-0.2, -0.15) is 26.3 Å². The largest absolute Gasteiger partial charge is 0.441 e. The van der Waals surface area contributed by atoms with Crippen LogP contribution in [0, 0.1) is 0 Å². The van der Waals surface area contributed by atoms with Crippen molar-refractivity contribution >= 4 is 33.4 Å². The normalized spacial score (nSPS) is 12.5. The Kier molecular flexibility index (Phi) is 7.29. The summed E-state index contributed by atoms with van der Waals surface area (Å²) in [4.78, 5) is 11.6. The van der Waals surface area contributed by atoms with Crippen molar-refractivity contribution in [3.63, 3.8) is 0 Å². The van der Waals surface area contributed by atoms with Gasteiger partial charge in [-0.3, -0.25) is 9.52 Å². The van der Waals surface area contributed by atoms with Crippen molar-refractivity contribution in [2.24, 2.45) is 0 Å². The number of halogens is 6. The number of sulfonamides is 1. The average Bonchev–Trinajstić information content (AvgIpc) is 2.63. The predicted molar refractivity (Wildman–Crippen MR) is 99.5 cm³/mol. The van der Waals surface area contributed by atoms with E-state index < -0.39 is 33.2 Å². The summed E-state index contributed by atoms with van der Waals surface area (Å²) < 4.78 is 101. The molecule has 0 bridgehead atoms. The number of carbonyl (C=O) groups excluding carboxylic acids is 1. The highest BCUT2D eigenvalue weighted by Gasteiger charge is 2.31. The lowest BCUT2D eigenvalue weighted by Crippen LogP contribution is -2.26. The Morgan fingerprint density at radius 1 is 0.967 bits per heavy atom. The minimum absolute atomic E-state index is 0.00466. The molecule has 0 radical (unpaired) electrons. The van der Waals surface area contributed by atoms with Crippen molar-refractivity contribution in [3.05, 3.63) is 59.7 Å². The molecule has 0 spiro atoms. The number of carbonyl (C=O) groups is 1. The molecule has 2 aromatic rings. The zero-order chi connectivity index (χ0) is 22.6. The molecule has 0 aliphatic heterocycles. The molecule has 1 amide bonds. The molecule has 30 heavy (non-hydrogen) atoms. The molecular formula is C17H14F6N2O3S2. The SMILES string of the molecule is O=C(NCCSC(F)(F)F)c1ccc(S(=O)(=O)Nc2cccc(C(F)(F)F)c2)cc1. The second-order valence-electron chi connectivity index (χ2n) is 5.76. The first-order valence-electron chi connectivity index (χ1n) is 8.07. The van der Waals surface area contributed by atoms with Crippen LogP contribution in [0.3, 0.4) is 0 Å². The Labute approximate surface area is 171 Å². The van der Waals surface area contributed by atoms with Crippen LogP contribution in [0.4, 0.5) is 32.0 Å². The molecular weight excluding hydrogens is 458 g/mol. The smallest absolute Gasteiger partial charge is 0.351 e. The zero-order valence-corrected chi connectivity index (χ0v) is 16.5. The standard InChI is InChI=1S/C17H14F6N2O3S2/c18-16(19,20)12-2-1-3-13(10-12)25-30(27,28)14-6-4-11(5-7-14)15(26)24-8-9-29-17(21,22)23/h1-7,10,25H,8-9H2,(H,24,26). The van der Waals surface area contributed by atoms with Gasteiger partial charge in [-0.25, -0.2) is 8.42 Å².